The Morgan fingerprint density at radius 2 is 1.81 bits per heavy atom. The van der Waals surface area contributed by atoms with Crippen LogP contribution in [-0.4, -0.2) is 18.8 Å². The van der Waals surface area contributed by atoms with E-state index >= 15 is 0 Å². The molecule has 0 aliphatic carbocycles. The first-order valence-corrected chi connectivity index (χ1v) is 5.57. The van der Waals surface area contributed by atoms with Crippen LogP contribution in [0.5, 0.6) is 0 Å². The minimum absolute atomic E-state index is 0.184. The molecule has 0 rings (SSSR count). The maximum Gasteiger partial charge on any atom is 0.392 e. The van der Waals surface area contributed by atoms with Gasteiger partial charge in [0.1, 0.15) is 0 Å². The van der Waals surface area contributed by atoms with Crippen molar-refractivity contribution in [1.82, 2.24) is 0 Å². The molecule has 0 aromatic heterocycles. The first kappa shape index (κ1) is 15.3. The van der Waals surface area contributed by atoms with E-state index in [4.69, 9.17) is 4.74 Å². The fourth-order valence-electron chi connectivity index (χ4n) is 1.42. The lowest BCUT2D eigenvalue weighted by Gasteiger charge is -2.24. The average Bonchev–Trinajstić information content (AvgIpc) is 2.20. The molecule has 0 radical (unpaired) electrons. The summed E-state index contributed by atoms with van der Waals surface area (Å²) in [6.07, 6.45) is -2.98. The molecule has 0 aliphatic heterocycles. The Balaban J connectivity index is 4.53. The number of carbonyl (C=O) groups is 1. The predicted molar refractivity (Wildman–Crippen MR) is 54.9 cm³/mol. The van der Waals surface area contributed by atoms with Crippen LogP contribution >= 0.6 is 0 Å². The molecule has 0 fully saturated rings. The number of ether oxygens (including phenoxy) is 1. The second kappa shape index (κ2) is 6.76. The molecule has 0 aromatic carbocycles. The van der Waals surface area contributed by atoms with Gasteiger partial charge in [-0.1, -0.05) is 27.2 Å². The molecule has 0 saturated carbocycles. The highest BCUT2D eigenvalue weighted by atomic mass is 19.4. The summed E-state index contributed by atoms with van der Waals surface area (Å²) in [5, 5.41) is 0. The Morgan fingerprint density at radius 1 is 1.25 bits per heavy atom. The van der Waals surface area contributed by atoms with Crippen LogP contribution in [0.3, 0.4) is 0 Å². The van der Waals surface area contributed by atoms with Gasteiger partial charge in [0, 0.05) is 0 Å². The van der Waals surface area contributed by atoms with Gasteiger partial charge in [0.05, 0.1) is 18.4 Å². The summed E-state index contributed by atoms with van der Waals surface area (Å²) in [5.41, 5.74) is 0. The smallest absolute Gasteiger partial charge is 0.392 e. The van der Waals surface area contributed by atoms with E-state index in [-0.39, 0.29) is 13.0 Å². The van der Waals surface area contributed by atoms with Gasteiger partial charge in [-0.25, -0.2) is 0 Å². The van der Waals surface area contributed by atoms with Crippen LogP contribution in [0.15, 0.2) is 0 Å². The van der Waals surface area contributed by atoms with Gasteiger partial charge >= 0.3 is 12.1 Å². The molecule has 0 heterocycles. The summed E-state index contributed by atoms with van der Waals surface area (Å²) in [4.78, 5) is 11.5. The first-order chi connectivity index (χ1) is 7.34. The number of halogens is 3. The Hall–Kier alpha value is -0.740. The van der Waals surface area contributed by atoms with E-state index < -0.39 is 24.0 Å². The van der Waals surface area contributed by atoms with Crippen LogP contribution in [0.1, 0.15) is 40.0 Å². The van der Waals surface area contributed by atoms with E-state index in [0.29, 0.717) is 12.8 Å². The second-order valence-corrected chi connectivity index (χ2v) is 3.89. The molecule has 96 valence electrons. The third kappa shape index (κ3) is 4.86. The third-order valence-electron chi connectivity index (χ3n) is 2.47. The van der Waals surface area contributed by atoms with E-state index in [9.17, 15) is 18.0 Å². The van der Waals surface area contributed by atoms with Crippen molar-refractivity contribution in [1.29, 1.82) is 0 Å². The molecule has 0 aliphatic rings. The molecule has 2 nitrogen and oxygen atoms in total. The molecule has 0 aromatic rings. The molecule has 0 amide bonds. The van der Waals surface area contributed by atoms with Crippen LogP contribution in [0.4, 0.5) is 13.2 Å². The number of esters is 1. The summed E-state index contributed by atoms with van der Waals surface area (Å²) >= 11 is 0. The zero-order chi connectivity index (χ0) is 12.8. The Morgan fingerprint density at radius 3 is 2.19 bits per heavy atom. The van der Waals surface area contributed by atoms with Gasteiger partial charge in [-0.3, -0.25) is 4.79 Å². The number of hydrogen-bond acceptors (Lipinski definition) is 2. The summed E-state index contributed by atoms with van der Waals surface area (Å²) in [7, 11) is 0. The number of rotatable bonds is 6. The van der Waals surface area contributed by atoms with Crippen molar-refractivity contribution in [3.63, 3.8) is 0 Å². The monoisotopic (exact) mass is 240 g/mol. The molecule has 0 saturated heterocycles. The van der Waals surface area contributed by atoms with Crippen LogP contribution in [-0.2, 0) is 9.53 Å². The van der Waals surface area contributed by atoms with Gasteiger partial charge in [-0.05, 0) is 12.8 Å². The molecule has 0 N–H and O–H groups in total. The average molecular weight is 240 g/mol. The number of alkyl halides is 3. The highest BCUT2D eigenvalue weighted by Gasteiger charge is 2.44. The summed E-state index contributed by atoms with van der Waals surface area (Å²) in [6, 6.07) is 0. The van der Waals surface area contributed by atoms with Crippen molar-refractivity contribution in [2.24, 2.45) is 11.8 Å². The van der Waals surface area contributed by atoms with Crippen LogP contribution < -0.4 is 0 Å². The molecular formula is C11H19F3O2. The topological polar surface area (TPSA) is 26.3 Å². The quantitative estimate of drug-likeness (QED) is 0.663. The molecule has 0 bridgehead atoms. The van der Waals surface area contributed by atoms with Crippen molar-refractivity contribution in [3.05, 3.63) is 0 Å². The molecule has 5 heteroatoms. The fraction of sp³-hybridized carbons (Fsp3) is 0.909. The van der Waals surface area contributed by atoms with E-state index in [1.54, 1.807) is 13.8 Å². The molecular weight excluding hydrogens is 221 g/mol. The van der Waals surface area contributed by atoms with Gasteiger partial charge in [0.2, 0.25) is 0 Å². The molecule has 16 heavy (non-hydrogen) atoms. The third-order valence-corrected chi connectivity index (χ3v) is 2.47. The largest absolute Gasteiger partial charge is 0.465 e. The first-order valence-electron chi connectivity index (χ1n) is 5.57. The maximum atomic E-state index is 12.5. The number of carbonyl (C=O) groups excluding carboxylic acids is 1. The standard InChI is InChI=1S/C11H19F3O2/c1-4-6-9(8(3)11(12,13)14)10(15)16-7-5-2/h8-9H,4-7H2,1-3H3. The van der Waals surface area contributed by atoms with Crippen molar-refractivity contribution in [2.45, 2.75) is 46.2 Å². The zero-order valence-electron chi connectivity index (χ0n) is 9.93. The zero-order valence-corrected chi connectivity index (χ0v) is 9.93. The van der Waals surface area contributed by atoms with Crippen molar-refractivity contribution in [2.75, 3.05) is 6.61 Å². The maximum absolute atomic E-state index is 12.5. The van der Waals surface area contributed by atoms with Gasteiger partial charge in [0.25, 0.3) is 0 Å². The van der Waals surface area contributed by atoms with Crippen LogP contribution in [0.2, 0.25) is 0 Å². The van der Waals surface area contributed by atoms with Crippen LogP contribution in [0.25, 0.3) is 0 Å². The number of hydrogen-bond donors (Lipinski definition) is 0. The summed E-state index contributed by atoms with van der Waals surface area (Å²) in [5.74, 6) is -3.44. The highest BCUT2D eigenvalue weighted by Crippen LogP contribution is 2.34. The molecule has 2 atom stereocenters. The van der Waals surface area contributed by atoms with Crippen molar-refractivity contribution in [3.8, 4) is 0 Å². The van der Waals surface area contributed by atoms with E-state index in [0.717, 1.165) is 6.92 Å². The second-order valence-electron chi connectivity index (χ2n) is 3.89. The van der Waals surface area contributed by atoms with Gasteiger partial charge in [0.15, 0.2) is 0 Å². The molecule has 0 spiro atoms. The highest BCUT2D eigenvalue weighted by molar-refractivity contribution is 5.72. The lowest BCUT2D eigenvalue weighted by molar-refractivity contribution is -0.194. The minimum atomic E-state index is -4.34. The Labute approximate surface area is 94.2 Å². The van der Waals surface area contributed by atoms with E-state index in [2.05, 4.69) is 0 Å². The van der Waals surface area contributed by atoms with Gasteiger partial charge < -0.3 is 4.74 Å². The SMILES string of the molecule is CCCOC(=O)C(CCC)C(C)C(F)(F)F. The fourth-order valence-corrected chi connectivity index (χ4v) is 1.42. The predicted octanol–water partition coefficient (Wildman–Crippen LogP) is 3.55. The van der Waals surface area contributed by atoms with Gasteiger partial charge in [-0.2, -0.15) is 13.2 Å². The summed E-state index contributed by atoms with van der Waals surface area (Å²) < 4.78 is 42.3. The lowest BCUT2D eigenvalue weighted by Crippen LogP contribution is -2.34. The van der Waals surface area contributed by atoms with E-state index in [1.165, 1.54) is 0 Å². The van der Waals surface area contributed by atoms with Gasteiger partial charge in [-0.15, -0.1) is 0 Å². The molecule has 2 unspecified atom stereocenters. The van der Waals surface area contributed by atoms with Crippen molar-refractivity contribution < 1.29 is 22.7 Å². The summed E-state index contributed by atoms with van der Waals surface area (Å²) in [6.45, 7) is 4.77. The van der Waals surface area contributed by atoms with Crippen LogP contribution in [0, 0.1) is 11.8 Å². The minimum Gasteiger partial charge on any atom is -0.465 e. The lowest BCUT2D eigenvalue weighted by atomic mass is 9.89. The van der Waals surface area contributed by atoms with Crippen molar-refractivity contribution >= 4 is 5.97 Å². The Bertz CT molecular complexity index is 214. The normalized spacial score (nSPS) is 15.6. The Kier molecular flexibility index (Phi) is 6.45. The van der Waals surface area contributed by atoms with E-state index in [1.807, 2.05) is 0 Å².